The van der Waals surface area contributed by atoms with Crippen LogP contribution in [-0.4, -0.2) is 52.9 Å². The second-order valence-electron chi connectivity index (χ2n) is 4.95. The lowest BCUT2D eigenvalue weighted by atomic mass is 10.1. The number of rotatable bonds is 5. The Hall–Kier alpha value is -2.28. The first-order chi connectivity index (χ1) is 10.0. The smallest absolute Gasteiger partial charge is 0.408 e. The van der Waals surface area contributed by atoms with E-state index in [1.165, 1.54) is 0 Å². The van der Waals surface area contributed by atoms with Gasteiger partial charge in [-0.15, -0.1) is 0 Å². The van der Waals surface area contributed by atoms with Crippen LogP contribution in [0.3, 0.4) is 0 Å². The molecule has 1 aromatic rings. The van der Waals surface area contributed by atoms with Gasteiger partial charge in [-0.3, -0.25) is 4.90 Å². The third-order valence-electron chi connectivity index (χ3n) is 3.56. The molecule has 2 rings (SSSR count). The molecule has 1 heterocycles. The molecule has 21 heavy (non-hydrogen) atoms. The first kappa shape index (κ1) is 15.1. The Balaban J connectivity index is 1.95. The third kappa shape index (κ3) is 3.63. The fourth-order valence-corrected chi connectivity index (χ4v) is 2.47. The van der Waals surface area contributed by atoms with E-state index in [2.05, 4.69) is 5.32 Å². The molecule has 0 aliphatic carbocycles. The van der Waals surface area contributed by atoms with E-state index < -0.39 is 18.1 Å². The molecule has 0 spiro atoms. The van der Waals surface area contributed by atoms with Crippen molar-refractivity contribution in [1.82, 2.24) is 10.2 Å². The molecule has 1 aliphatic rings. The number of hydrogen-bond donors (Lipinski definition) is 3. The molecular weight excluding hydrogens is 276 g/mol. The van der Waals surface area contributed by atoms with Gasteiger partial charge in [0.25, 0.3) is 0 Å². The highest BCUT2D eigenvalue weighted by Gasteiger charge is 2.39. The molecule has 1 amide bonds. The Labute approximate surface area is 122 Å². The summed E-state index contributed by atoms with van der Waals surface area (Å²) < 4.78 is 5.13. The summed E-state index contributed by atoms with van der Waals surface area (Å²) in [6.45, 7) is 0.706. The van der Waals surface area contributed by atoms with Crippen LogP contribution in [0.2, 0.25) is 0 Å². The largest absolute Gasteiger partial charge is 0.497 e. The minimum absolute atomic E-state index is 0.173. The molecule has 0 unspecified atom stereocenters. The number of amides is 1. The second-order valence-corrected chi connectivity index (χ2v) is 4.95. The normalized spacial score (nSPS) is 21.3. The van der Waals surface area contributed by atoms with Gasteiger partial charge in [0.1, 0.15) is 11.8 Å². The molecule has 2 atom stereocenters. The van der Waals surface area contributed by atoms with Crippen LogP contribution in [0.1, 0.15) is 12.0 Å². The first-order valence-electron chi connectivity index (χ1n) is 6.60. The number of ether oxygens (including phenoxy) is 1. The van der Waals surface area contributed by atoms with Crippen molar-refractivity contribution >= 4 is 12.1 Å². The maximum absolute atomic E-state index is 11.1. The van der Waals surface area contributed by atoms with E-state index in [0.717, 1.165) is 16.2 Å². The molecule has 1 saturated heterocycles. The zero-order chi connectivity index (χ0) is 15.4. The van der Waals surface area contributed by atoms with Gasteiger partial charge in [-0.05, 0) is 24.1 Å². The van der Waals surface area contributed by atoms with E-state index >= 15 is 0 Å². The van der Waals surface area contributed by atoms with Crippen LogP contribution in [0.5, 0.6) is 5.75 Å². The topological polar surface area (TPSA) is 99.1 Å². The van der Waals surface area contributed by atoms with Crippen molar-refractivity contribution in [2.45, 2.75) is 25.0 Å². The SMILES string of the molecule is COc1cccc(CN[C@H]2C[C@@H](C(=O)O)N(C(=O)O)C2)c1. The molecule has 0 aromatic heterocycles. The van der Waals surface area contributed by atoms with Crippen molar-refractivity contribution < 1.29 is 24.5 Å². The Morgan fingerprint density at radius 1 is 1.43 bits per heavy atom. The van der Waals surface area contributed by atoms with Gasteiger partial charge in [-0.2, -0.15) is 0 Å². The van der Waals surface area contributed by atoms with Crippen LogP contribution < -0.4 is 10.1 Å². The van der Waals surface area contributed by atoms with Gasteiger partial charge in [0.15, 0.2) is 0 Å². The molecule has 1 aromatic carbocycles. The lowest BCUT2D eigenvalue weighted by molar-refractivity contribution is -0.141. The first-order valence-corrected chi connectivity index (χ1v) is 6.60. The van der Waals surface area contributed by atoms with Crippen LogP contribution in [-0.2, 0) is 11.3 Å². The Morgan fingerprint density at radius 3 is 2.76 bits per heavy atom. The highest BCUT2D eigenvalue weighted by atomic mass is 16.5. The molecular formula is C14H18N2O5. The average molecular weight is 294 g/mol. The fourth-order valence-electron chi connectivity index (χ4n) is 2.47. The van der Waals surface area contributed by atoms with E-state index in [1.54, 1.807) is 7.11 Å². The van der Waals surface area contributed by atoms with Crippen LogP contribution in [0.15, 0.2) is 24.3 Å². The quantitative estimate of drug-likeness (QED) is 0.749. The van der Waals surface area contributed by atoms with E-state index in [0.29, 0.717) is 6.54 Å². The Bertz CT molecular complexity index is 512. The van der Waals surface area contributed by atoms with E-state index in [4.69, 9.17) is 14.9 Å². The van der Waals surface area contributed by atoms with Gasteiger partial charge in [-0.25, -0.2) is 9.59 Å². The lowest BCUT2D eigenvalue weighted by Gasteiger charge is -2.16. The van der Waals surface area contributed by atoms with Gasteiger partial charge in [0.2, 0.25) is 0 Å². The number of carboxylic acids is 1. The summed E-state index contributed by atoms with van der Waals surface area (Å²) in [5, 5.41) is 21.3. The van der Waals surface area contributed by atoms with Gasteiger partial charge in [0, 0.05) is 19.1 Å². The van der Waals surface area contributed by atoms with Gasteiger partial charge >= 0.3 is 12.1 Å². The predicted octanol–water partition coefficient (Wildman–Crippen LogP) is 0.990. The van der Waals surface area contributed by atoms with Crippen molar-refractivity contribution in [1.29, 1.82) is 0 Å². The highest BCUT2D eigenvalue weighted by molar-refractivity contribution is 5.80. The van der Waals surface area contributed by atoms with Crippen molar-refractivity contribution in [3.05, 3.63) is 29.8 Å². The second kappa shape index (κ2) is 6.45. The maximum atomic E-state index is 11.1. The van der Waals surface area contributed by atoms with Gasteiger partial charge < -0.3 is 20.3 Å². The standard InChI is InChI=1S/C14H18N2O5/c1-21-11-4-2-3-9(5-11)7-15-10-6-12(13(17)18)16(8-10)14(19)20/h2-5,10,12,15H,6-8H2,1H3,(H,17,18)(H,19,20)/t10-,12-/m0/s1. The number of benzene rings is 1. The zero-order valence-corrected chi connectivity index (χ0v) is 11.7. The van der Waals surface area contributed by atoms with Crippen LogP contribution >= 0.6 is 0 Å². The molecule has 0 radical (unpaired) electrons. The lowest BCUT2D eigenvalue weighted by Crippen LogP contribution is -2.40. The summed E-state index contributed by atoms with van der Waals surface area (Å²) in [5.74, 6) is -0.362. The number of methoxy groups -OCH3 is 1. The van der Waals surface area contributed by atoms with E-state index in [-0.39, 0.29) is 19.0 Å². The third-order valence-corrected chi connectivity index (χ3v) is 3.56. The maximum Gasteiger partial charge on any atom is 0.408 e. The summed E-state index contributed by atoms with van der Waals surface area (Å²) in [4.78, 5) is 23.1. The van der Waals surface area contributed by atoms with Crippen molar-refractivity contribution in [3.8, 4) is 5.75 Å². The summed E-state index contributed by atoms with van der Waals surface area (Å²) in [7, 11) is 1.59. The Kier molecular flexibility index (Phi) is 4.64. The summed E-state index contributed by atoms with van der Waals surface area (Å²) in [6, 6.07) is 6.36. The summed E-state index contributed by atoms with van der Waals surface area (Å²) in [5.41, 5.74) is 0.995. The minimum Gasteiger partial charge on any atom is -0.497 e. The van der Waals surface area contributed by atoms with Crippen molar-refractivity contribution in [2.75, 3.05) is 13.7 Å². The van der Waals surface area contributed by atoms with Crippen molar-refractivity contribution in [3.63, 3.8) is 0 Å². The molecule has 1 aliphatic heterocycles. The molecule has 7 heteroatoms. The molecule has 0 bridgehead atoms. The Morgan fingerprint density at radius 2 is 2.19 bits per heavy atom. The minimum atomic E-state index is -1.20. The highest BCUT2D eigenvalue weighted by Crippen LogP contribution is 2.19. The number of hydrogen-bond acceptors (Lipinski definition) is 4. The molecule has 1 fully saturated rings. The fraction of sp³-hybridized carbons (Fsp3) is 0.429. The number of carbonyl (C=O) groups is 2. The summed E-state index contributed by atoms with van der Waals surface area (Å²) in [6.07, 6.45) is -0.931. The van der Waals surface area contributed by atoms with Crippen molar-refractivity contribution in [2.24, 2.45) is 0 Å². The summed E-state index contributed by atoms with van der Waals surface area (Å²) >= 11 is 0. The van der Waals surface area contributed by atoms with Gasteiger partial charge in [0.05, 0.1) is 7.11 Å². The van der Waals surface area contributed by atoms with Crippen LogP contribution in [0, 0.1) is 0 Å². The van der Waals surface area contributed by atoms with Gasteiger partial charge in [-0.1, -0.05) is 12.1 Å². The molecule has 0 saturated carbocycles. The molecule has 114 valence electrons. The van der Waals surface area contributed by atoms with E-state index in [9.17, 15) is 9.59 Å². The zero-order valence-electron chi connectivity index (χ0n) is 11.7. The average Bonchev–Trinajstić information content (AvgIpc) is 2.90. The van der Waals surface area contributed by atoms with Crippen LogP contribution in [0.25, 0.3) is 0 Å². The van der Waals surface area contributed by atoms with Crippen LogP contribution in [0.4, 0.5) is 4.79 Å². The number of nitrogens with zero attached hydrogens (tertiary/aromatic N) is 1. The molecule has 7 nitrogen and oxygen atoms in total. The number of aliphatic carboxylic acids is 1. The molecule has 3 N–H and O–H groups in total. The number of nitrogens with one attached hydrogen (secondary N) is 1. The monoisotopic (exact) mass is 294 g/mol. The predicted molar refractivity (Wildman–Crippen MR) is 74.4 cm³/mol. The number of carboxylic acid groups (broad SMARTS) is 2. The number of likely N-dealkylation sites (tertiary alicyclic amines) is 1. The van der Waals surface area contributed by atoms with E-state index in [1.807, 2.05) is 24.3 Å².